The van der Waals surface area contributed by atoms with E-state index in [0.717, 1.165) is 31.3 Å². The Hall–Kier alpha value is -1.77. The summed E-state index contributed by atoms with van der Waals surface area (Å²) in [5.41, 5.74) is 1.15. The van der Waals surface area contributed by atoms with Crippen molar-refractivity contribution in [2.24, 2.45) is 0 Å². The number of fused-ring (bicyclic) bond motifs is 1. The van der Waals surface area contributed by atoms with Gasteiger partial charge in [-0.25, -0.2) is 4.79 Å². The molecule has 0 radical (unpaired) electrons. The van der Waals surface area contributed by atoms with Gasteiger partial charge in [0.15, 0.2) is 0 Å². The highest BCUT2D eigenvalue weighted by Crippen LogP contribution is 2.21. The van der Waals surface area contributed by atoms with Crippen LogP contribution in [0.15, 0.2) is 39.5 Å². The Balaban J connectivity index is 2.17. The summed E-state index contributed by atoms with van der Waals surface area (Å²) in [5, 5.41) is 0.990. The highest BCUT2D eigenvalue weighted by molar-refractivity contribution is 5.79. The molecule has 2 heterocycles. The molecular weight excluding hydrogens is 202 g/mol. The molecule has 16 heavy (non-hydrogen) atoms. The Morgan fingerprint density at radius 2 is 1.88 bits per heavy atom. The fourth-order valence-electron chi connectivity index (χ4n) is 2.23. The molecule has 1 saturated heterocycles. The number of benzene rings is 1. The van der Waals surface area contributed by atoms with Crippen LogP contribution in [0.5, 0.6) is 0 Å². The lowest BCUT2D eigenvalue weighted by atomic mass is 10.2. The van der Waals surface area contributed by atoms with E-state index in [-0.39, 0.29) is 5.63 Å². The molecular formula is C13H13NO2. The van der Waals surface area contributed by atoms with Crippen molar-refractivity contribution in [1.29, 1.82) is 0 Å². The van der Waals surface area contributed by atoms with Gasteiger partial charge in [-0.05, 0) is 25.0 Å². The molecule has 1 aromatic heterocycles. The van der Waals surface area contributed by atoms with Crippen LogP contribution in [0.4, 0.5) is 5.69 Å². The Bertz CT molecular complexity index is 567. The summed E-state index contributed by atoms with van der Waals surface area (Å²) < 4.78 is 5.31. The molecule has 0 saturated carbocycles. The van der Waals surface area contributed by atoms with Crippen LogP contribution in [0, 0.1) is 0 Å². The quantitative estimate of drug-likeness (QED) is 0.685. The zero-order valence-corrected chi connectivity index (χ0v) is 8.98. The summed E-state index contributed by atoms with van der Waals surface area (Å²) >= 11 is 0. The van der Waals surface area contributed by atoms with Gasteiger partial charge in [0, 0.05) is 18.5 Å². The molecule has 1 aliphatic heterocycles. The van der Waals surface area contributed by atoms with Crippen LogP contribution < -0.4 is 10.5 Å². The molecule has 0 amide bonds. The Morgan fingerprint density at radius 3 is 2.69 bits per heavy atom. The van der Waals surface area contributed by atoms with Gasteiger partial charge < -0.3 is 9.32 Å². The first-order valence-electron chi connectivity index (χ1n) is 5.62. The van der Waals surface area contributed by atoms with E-state index in [1.807, 2.05) is 30.3 Å². The van der Waals surface area contributed by atoms with Crippen molar-refractivity contribution in [3.63, 3.8) is 0 Å². The third-order valence-corrected chi connectivity index (χ3v) is 3.07. The standard InChI is InChI=1S/C13H13NO2/c15-13-11(14-7-3-4-8-14)9-10-5-1-2-6-12(10)16-13/h1-2,5-6,9H,3-4,7-8H2. The molecule has 1 aliphatic rings. The van der Waals surface area contributed by atoms with Gasteiger partial charge in [0.05, 0.1) is 0 Å². The van der Waals surface area contributed by atoms with Gasteiger partial charge in [-0.2, -0.15) is 0 Å². The molecule has 0 N–H and O–H groups in total. The zero-order valence-electron chi connectivity index (χ0n) is 8.98. The van der Waals surface area contributed by atoms with Gasteiger partial charge >= 0.3 is 5.63 Å². The van der Waals surface area contributed by atoms with Crippen molar-refractivity contribution in [2.75, 3.05) is 18.0 Å². The third kappa shape index (κ3) is 1.48. The van der Waals surface area contributed by atoms with E-state index in [4.69, 9.17) is 4.42 Å². The molecule has 0 atom stereocenters. The van der Waals surface area contributed by atoms with Gasteiger partial charge in [-0.3, -0.25) is 0 Å². The van der Waals surface area contributed by atoms with Crippen LogP contribution in [-0.2, 0) is 0 Å². The normalized spacial score (nSPS) is 15.9. The first-order chi connectivity index (χ1) is 7.84. The second-order valence-corrected chi connectivity index (χ2v) is 4.15. The lowest BCUT2D eigenvalue weighted by molar-refractivity contribution is 0.559. The molecule has 2 aromatic rings. The first kappa shape index (κ1) is 9.46. The van der Waals surface area contributed by atoms with Crippen molar-refractivity contribution in [3.05, 3.63) is 40.8 Å². The van der Waals surface area contributed by atoms with Gasteiger partial charge in [0.25, 0.3) is 0 Å². The third-order valence-electron chi connectivity index (χ3n) is 3.07. The molecule has 0 unspecified atom stereocenters. The highest BCUT2D eigenvalue weighted by Gasteiger charge is 2.16. The number of para-hydroxylation sites is 1. The number of rotatable bonds is 1. The minimum Gasteiger partial charge on any atom is -0.421 e. The largest absolute Gasteiger partial charge is 0.421 e. The molecule has 0 aliphatic carbocycles. The molecule has 82 valence electrons. The number of anilines is 1. The van der Waals surface area contributed by atoms with Crippen molar-refractivity contribution in [2.45, 2.75) is 12.8 Å². The Labute approximate surface area is 93.3 Å². The smallest absolute Gasteiger partial charge is 0.360 e. The Morgan fingerprint density at radius 1 is 1.12 bits per heavy atom. The Kier molecular flexibility index (Phi) is 2.17. The second-order valence-electron chi connectivity index (χ2n) is 4.15. The average Bonchev–Trinajstić information content (AvgIpc) is 2.81. The number of nitrogens with zero attached hydrogens (tertiary/aromatic N) is 1. The predicted octanol–water partition coefficient (Wildman–Crippen LogP) is 2.39. The molecule has 3 heteroatoms. The number of hydrogen-bond acceptors (Lipinski definition) is 3. The van der Waals surface area contributed by atoms with Crippen LogP contribution in [0.25, 0.3) is 11.0 Å². The van der Waals surface area contributed by atoms with E-state index in [2.05, 4.69) is 4.90 Å². The summed E-state index contributed by atoms with van der Waals surface area (Å²) in [6.07, 6.45) is 2.32. The average molecular weight is 215 g/mol. The van der Waals surface area contributed by atoms with Crippen molar-refractivity contribution >= 4 is 16.7 Å². The van der Waals surface area contributed by atoms with Crippen LogP contribution in [-0.4, -0.2) is 13.1 Å². The fourth-order valence-corrected chi connectivity index (χ4v) is 2.23. The summed E-state index contributed by atoms with van der Waals surface area (Å²) in [5.74, 6) is 0. The van der Waals surface area contributed by atoms with Crippen molar-refractivity contribution in [1.82, 2.24) is 0 Å². The predicted molar refractivity (Wildman–Crippen MR) is 63.9 cm³/mol. The molecule has 3 nitrogen and oxygen atoms in total. The van der Waals surface area contributed by atoms with E-state index in [1.54, 1.807) is 0 Å². The van der Waals surface area contributed by atoms with Gasteiger partial charge in [-0.1, -0.05) is 18.2 Å². The maximum absolute atomic E-state index is 11.8. The van der Waals surface area contributed by atoms with Gasteiger partial charge in [-0.15, -0.1) is 0 Å². The minimum atomic E-state index is -0.222. The molecule has 1 fully saturated rings. The number of hydrogen-bond donors (Lipinski definition) is 0. The first-order valence-corrected chi connectivity index (χ1v) is 5.62. The van der Waals surface area contributed by atoms with Gasteiger partial charge in [0.2, 0.25) is 0 Å². The molecule has 3 rings (SSSR count). The lowest BCUT2D eigenvalue weighted by Crippen LogP contribution is -2.23. The summed E-state index contributed by atoms with van der Waals surface area (Å²) in [6, 6.07) is 9.56. The van der Waals surface area contributed by atoms with Crippen molar-refractivity contribution in [3.8, 4) is 0 Å². The SMILES string of the molecule is O=c1oc2ccccc2cc1N1CCCC1. The monoisotopic (exact) mass is 215 g/mol. The zero-order chi connectivity index (χ0) is 11.0. The van der Waals surface area contributed by atoms with E-state index in [9.17, 15) is 4.79 Å². The second kappa shape index (κ2) is 3.67. The molecule has 0 spiro atoms. The van der Waals surface area contributed by atoms with Gasteiger partial charge in [0.1, 0.15) is 11.3 Å². The fraction of sp³-hybridized carbons (Fsp3) is 0.308. The summed E-state index contributed by atoms with van der Waals surface area (Å²) in [6.45, 7) is 1.92. The maximum atomic E-state index is 11.8. The summed E-state index contributed by atoms with van der Waals surface area (Å²) in [4.78, 5) is 13.9. The molecule has 0 bridgehead atoms. The summed E-state index contributed by atoms with van der Waals surface area (Å²) in [7, 11) is 0. The highest BCUT2D eigenvalue weighted by atomic mass is 16.4. The van der Waals surface area contributed by atoms with E-state index in [1.165, 1.54) is 0 Å². The topological polar surface area (TPSA) is 33.5 Å². The van der Waals surface area contributed by atoms with Crippen LogP contribution >= 0.6 is 0 Å². The lowest BCUT2D eigenvalue weighted by Gasteiger charge is -2.15. The van der Waals surface area contributed by atoms with Crippen LogP contribution in [0.3, 0.4) is 0 Å². The maximum Gasteiger partial charge on any atom is 0.360 e. The van der Waals surface area contributed by atoms with E-state index in [0.29, 0.717) is 11.3 Å². The van der Waals surface area contributed by atoms with Crippen molar-refractivity contribution < 1.29 is 4.42 Å². The van der Waals surface area contributed by atoms with E-state index >= 15 is 0 Å². The van der Waals surface area contributed by atoms with E-state index < -0.39 is 0 Å². The minimum absolute atomic E-state index is 0.222. The van der Waals surface area contributed by atoms with Crippen LogP contribution in [0.1, 0.15) is 12.8 Å². The molecule has 1 aromatic carbocycles. The van der Waals surface area contributed by atoms with Crippen LogP contribution in [0.2, 0.25) is 0 Å².